The molecule has 0 saturated heterocycles. The molecular weight excluding hydrogens is 360 g/mol. The molecule has 1 amide bonds. The Hall–Kier alpha value is -3.27. The van der Waals surface area contributed by atoms with E-state index in [1.165, 1.54) is 11.1 Å². The smallest absolute Gasteiger partial charge is 0.243 e. The van der Waals surface area contributed by atoms with Crippen LogP contribution in [0.25, 0.3) is 0 Å². The lowest BCUT2D eigenvalue weighted by atomic mass is 10.1. The lowest BCUT2D eigenvalue weighted by Gasteiger charge is -2.14. The molecule has 2 N–H and O–H groups in total. The Morgan fingerprint density at radius 3 is 2.41 bits per heavy atom. The molecule has 0 heterocycles. The Kier molecular flexibility index (Phi) is 7.28. The monoisotopic (exact) mass is 388 g/mol. The van der Waals surface area contributed by atoms with E-state index in [1.54, 1.807) is 0 Å². The maximum Gasteiger partial charge on any atom is 0.243 e. The first-order valence-electron chi connectivity index (χ1n) is 10.0. The van der Waals surface area contributed by atoms with E-state index in [-0.39, 0.29) is 12.5 Å². The highest BCUT2D eigenvalue weighted by Gasteiger charge is 2.07. The fourth-order valence-electron chi connectivity index (χ4n) is 3.22. The van der Waals surface area contributed by atoms with Gasteiger partial charge in [0.1, 0.15) is 5.75 Å². The predicted molar refractivity (Wildman–Crippen MR) is 120 cm³/mol. The van der Waals surface area contributed by atoms with Gasteiger partial charge < -0.3 is 15.4 Å². The number of aryl methyl sites for hydroxylation is 2. The number of benzene rings is 3. The molecule has 0 aliphatic heterocycles. The normalized spacial score (nSPS) is 10.4. The standard InChI is InChI=1S/C25H28N2O2/c1-3-21-11-7-8-19(2)25(21)26-18-24(28)27-22-12-14-23(15-13-22)29-17-16-20-9-5-4-6-10-20/h4-15,26H,3,16-18H2,1-2H3,(H,27,28). The zero-order valence-electron chi connectivity index (χ0n) is 17.1. The average molecular weight is 389 g/mol. The maximum atomic E-state index is 12.3. The molecule has 0 saturated carbocycles. The molecule has 3 aromatic carbocycles. The molecule has 3 aromatic rings. The summed E-state index contributed by atoms with van der Waals surface area (Å²) in [6.45, 7) is 5.02. The van der Waals surface area contributed by atoms with Crippen molar-refractivity contribution in [2.45, 2.75) is 26.7 Å². The quantitative estimate of drug-likeness (QED) is 0.528. The largest absolute Gasteiger partial charge is 0.493 e. The van der Waals surface area contributed by atoms with Crippen LogP contribution in [0.2, 0.25) is 0 Å². The van der Waals surface area contributed by atoms with Gasteiger partial charge in [0.25, 0.3) is 0 Å². The fraction of sp³-hybridized carbons (Fsp3) is 0.240. The molecular formula is C25H28N2O2. The zero-order valence-corrected chi connectivity index (χ0v) is 17.1. The molecule has 0 aromatic heterocycles. The van der Waals surface area contributed by atoms with Crippen molar-refractivity contribution in [3.8, 4) is 5.75 Å². The van der Waals surface area contributed by atoms with E-state index in [2.05, 4.69) is 48.7 Å². The molecule has 0 aliphatic carbocycles. The maximum absolute atomic E-state index is 12.3. The second-order valence-electron chi connectivity index (χ2n) is 6.97. The summed E-state index contributed by atoms with van der Waals surface area (Å²) in [6.07, 6.45) is 1.79. The van der Waals surface area contributed by atoms with Crippen molar-refractivity contribution in [2.75, 3.05) is 23.8 Å². The third-order valence-corrected chi connectivity index (χ3v) is 4.81. The molecule has 0 aliphatic rings. The van der Waals surface area contributed by atoms with Crippen LogP contribution in [-0.4, -0.2) is 19.1 Å². The van der Waals surface area contributed by atoms with Gasteiger partial charge in [0, 0.05) is 17.8 Å². The number of hydrogen-bond acceptors (Lipinski definition) is 3. The van der Waals surface area contributed by atoms with Crippen molar-refractivity contribution in [1.82, 2.24) is 0 Å². The van der Waals surface area contributed by atoms with Gasteiger partial charge in [-0.2, -0.15) is 0 Å². The Labute approximate surface area is 172 Å². The van der Waals surface area contributed by atoms with Crippen LogP contribution in [0.3, 0.4) is 0 Å². The summed E-state index contributed by atoms with van der Waals surface area (Å²) in [5.41, 5.74) is 5.42. The zero-order chi connectivity index (χ0) is 20.5. The van der Waals surface area contributed by atoms with Gasteiger partial charge in [0.15, 0.2) is 0 Å². The number of ether oxygens (including phenoxy) is 1. The Bertz CT molecular complexity index is 921. The van der Waals surface area contributed by atoms with Crippen LogP contribution in [0.4, 0.5) is 11.4 Å². The van der Waals surface area contributed by atoms with Gasteiger partial charge in [-0.15, -0.1) is 0 Å². The molecule has 0 fully saturated rings. The highest BCUT2D eigenvalue weighted by Crippen LogP contribution is 2.21. The van der Waals surface area contributed by atoms with Crippen LogP contribution in [0, 0.1) is 6.92 Å². The topological polar surface area (TPSA) is 50.4 Å². The van der Waals surface area contributed by atoms with Crippen LogP contribution < -0.4 is 15.4 Å². The van der Waals surface area contributed by atoms with Gasteiger partial charge in [-0.1, -0.05) is 55.5 Å². The molecule has 150 valence electrons. The Morgan fingerprint density at radius 1 is 0.931 bits per heavy atom. The highest BCUT2D eigenvalue weighted by atomic mass is 16.5. The van der Waals surface area contributed by atoms with E-state index < -0.39 is 0 Å². The summed E-state index contributed by atoms with van der Waals surface area (Å²) in [7, 11) is 0. The van der Waals surface area contributed by atoms with E-state index in [4.69, 9.17) is 4.74 Å². The lowest BCUT2D eigenvalue weighted by molar-refractivity contribution is -0.114. The van der Waals surface area contributed by atoms with Crippen LogP contribution in [0.15, 0.2) is 72.8 Å². The fourth-order valence-corrected chi connectivity index (χ4v) is 3.22. The summed E-state index contributed by atoms with van der Waals surface area (Å²) in [5, 5.41) is 6.19. The first kappa shape index (κ1) is 20.5. The van der Waals surface area contributed by atoms with Crippen molar-refractivity contribution in [3.63, 3.8) is 0 Å². The van der Waals surface area contributed by atoms with E-state index in [1.807, 2.05) is 48.5 Å². The molecule has 0 spiro atoms. The summed E-state index contributed by atoms with van der Waals surface area (Å²) in [6, 6.07) is 23.9. The van der Waals surface area contributed by atoms with Crippen LogP contribution >= 0.6 is 0 Å². The number of anilines is 2. The summed E-state index contributed by atoms with van der Waals surface area (Å²) >= 11 is 0. The van der Waals surface area contributed by atoms with Crippen LogP contribution in [0.1, 0.15) is 23.6 Å². The predicted octanol–water partition coefficient (Wildman–Crippen LogP) is 5.23. The highest BCUT2D eigenvalue weighted by molar-refractivity contribution is 5.94. The molecule has 4 heteroatoms. The third kappa shape index (κ3) is 6.11. The van der Waals surface area contributed by atoms with Gasteiger partial charge in [0.05, 0.1) is 13.2 Å². The summed E-state index contributed by atoms with van der Waals surface area (Å²) in [5.74, 6) is 0.720. The second kappa shape index (κ2) is 10.3. The van der Waals surface area contributed by atoms with Gasteiger partial charge in [0.2, 0.25) is 5.91 Å². The van der Waals surface area contributed by atoms with Gasteiger partial charge in [-0.3, -0.25) is 4.79 Å². The number of para-hydroxylation sites is 1. The minimum Gasteiger partial charge on any atom is -0.493 e. The lowest BCUT2D eigenvalue weighted by Crippen LogP contribution is -2.22. The van der Waals surface area contributed by atoms with Crippen LogP contribution in [-0.2, 0) is 17.6 Å². The SMILES string of the molecule is CCc1cccc(C)c1NCC(=O)Nc1ccc(OCCc2ccccc2)cc1. The number of hydrogen-bond donors (Lipinski definition) is 2. The van der Waals surface area contributed by atoms with Gasteiger partial charge >= 0.3 is 0 Å². The van der Waals surface area contributed by atoms with E-state index >= 15 is 0 Å². The van der Waals surface area contributed by atoms with Crippen molar-refractivity contribution >= 4 is 17.3 Å². The van der Waals surface area contributed by atoms with E-state index in [0.29, 0.717) is 6.61 Å². The number of rotatable bonds is 9. The van der Waals surface area contributed by atoms with Crippen molar-refractivity contribution < 1.29 is 9.53 Å². The average Bonchev–Trinajstić information content (AvgIpc) is 2.74. The molecule has 3 rings (SSSR count). The van der Waals surface area contributed by atoms with E-state index in [9.17, 15) is 4.79 Å². The molecule has 0 bridgehead atoms. The van der Waals surface area contributed by atoms with Gasteiger partial charge in [-0.05, 0) is 54.3 Å². The molecule has 29 heavy (non-hydrogen) atoms. The first-order valence-corrected chi connectivity index (χ1v) is 10.0. The number of carbonyl (C=O) groups excluding carboxylic acids is 1. The molecule has 0 atom stereocenters. The summed E-state index contributed by atoms with van der Waals surface area (Å²) < 4.78 is 5.79. The second-order valence-corrected chi connectivity index (χ2v) is 6.97. The number of nitrogens with one attached hydrogen (secondary N) is 2. The third-order valence-electron chi connectivity index (χ3n) is 4.81. The minimum atomic E-state index is -0.0759. The number of carbonyl (C=O) groups is 1. The molecule has 0 radical (unpaired) electrons. The molecule has 0 unspecified atom stereocenters. The van der Waals surface area contributed by atoms with Crippen molar-refractivity contribution in [1.29, 1.82) is 0 Å². The summed E-state index contributed by atoms with van der Waals surface area (Å²) in [4.78, 5) is 12.3. The Balaban J connectivity index is 1.46. The van der Waals surface area contributed by atoms with Crippen molar-refractivity contribution in [3.05, 3.63) is 89.5 Å². The van der Waals surface area contributed by atoms with Gasteiger partial charge in [-0.25, -0.2) is 0 Å². The van der Waals surface area contributed by atoms with Crippen molar-refractivity contribution in [2.24, 2.45) is 0 Å². The minimum absolute atomic E-state index is 0.0759. The Morgan fingerprint density at radius 2 is 1.69 bits per heavy atom. The van der Waals surface area contributed by atoms with E-state index in [0.717, 1.165) is 35.5 Å². The first-order chi connectivity index (χ1) is 14.2. The molecule has 4 nitrogen and oxygen atoms in total. The van der Waals surface area contributed by atoms with Crippen LogP contribution in [0.5, 0.6) is 5.75 Å². The number of amides is 1.